The number of nitrogens with one attached hydrogen (secondary N) is 1. The molecule has 2 nitrogen and oxygen atoms in total. The van der Waals surface area contributed by atoms with Gasteiger partial charge in [-0.2, -0.15) is 0 Å². The Morgan fingerprint density at radius 3 is 2.70 bits per heavy atom. The highest BCUT2D eigenvalue weighted by molar-refractivity contribution is 6.31. The second kappa shape index (κ2) is 6.78. The fourth-order valence-corrected chi connectivity index (χ4v) is 2.25. The summed E-state index contributed by atoms with van der Waals surface area (Å²) in [6.45, 7) is 4.95. The molecule has 0 aliphatic carbocycles. The van der Waals surface area contributed by atoms with Gasteiger partial charge in [-0.1, -0.05) is 35.9 Å². The lowest BCUT2D eigenvalue weighted by Gasteiger charge is -2.15. The Bertz CT molecular complexity index is 583. The standard InChI is InChI=1S/C17H20ClNO/c1-12-7-8-14(9-17(12)18)11-19-13(2)15-5-4-6-16(10-15)20-3/h4-10,13,19H,11H2,1-3H3/t13-/m1/s1. The first kappa shape index (κ1) is 14.9. The fourth-order valence-electron chi connectivity index (χ4n) is 2.05. The van der Waals surface area contributed by atoms with Crippen LogP contribution in [0, 0.1) is 6.92 Å². The molecule has 2 rings (SSSR count). The van der Waals surface area contributed by atoms with Gasteiger partial charge in [0.1, 0.15) is 5.75 Å². The molecule has 2 aromatic carbocycles. The molecule has 2 aromatic rings. The van der Waals surface area contributed by atoms with E-state index >= 15 is 0 Å². The molecule has 1 N–H and O–H groups in total. The van der Waals surface area contributed by atoms with Gasteiger partial charge in [-0.3, -0.25) is 0 Å². The number of halogens is 1. The second-order valence-electron chi connectivity index (χ2n) is 4.96. The summed E-state index contributed by atoms with van der Waals surface area (Å²) in [5.41, 5.74) is 3.51. The largest absolute Gasteiger partial charge is 0.497 e. The lowest BCUT2D eigenvalue weighted by molar-refractivity contribution is 0.413. The molecule has 0 saturated heterocycles. The Labute approximate surface area is 125 Å². The van der Waals surface area contributed by atoms with E-state index in [1.807, 2.05) is 25.1 Å². The summed E-state index contributed by atoms with van der Waals surface area (Å²) in [5, 5.41) is 4.32. The molecule has 0 spiro atoms. The average Bonchev–Trinajstić information content (AvgIpc) is 2.48. The van der Waals surface area contributed by atoms with E-state index in [9.17, 15) is 0 Å². The predicted molar refractivity (Wildman–Crippen MR) is 84.4 cm³/mol. The van der Waals surface area contributed by atoms with E-state index in [0.29, 0.717) is 0 Å². The molecule has 0 aliphatic heterocycles. The van der Waals surface area contributed by atoms with Gasteiger partial charge in [0, 0.05) is 17.6 Å². The first-order valence-corrected chi connectivity index (χ1v) is 7.10. The quantitative estimate of drug-likeness (QED) is 0.874. The zero-order valence-corrected chi connectivity index (χ0v) is 12.9. The summed E-state index contributed by atoms with van der Waals surface area (Å²) in [6.07, 6.45) is 0. The Morgan fingerprint density at radius 2 is 2.00 bits per heavy atom. The van der Waals surface area contributed by atoms with Gasteiger partial charge in [-0.15, -0.1) is 0 Å². The zero-order valence-electron chi connectivity index (χ0n) is 12.1. The summed E-state index contributed by atoms with van der Waals surface area (Å²) in [7, 11) is 1.69. The number of benzene rings is 2. The van der Waals surface area contributed by atoms with Crippen molar-refractivity contribution in [3.63, 3.8) is 0 Å². The first-order chi connectivity index (χ1) is 9.60. The number of rotatable bonds is 5. The van der Waals surface area contributed by atoms with Crippen molar-refractivity contribution in [2.45, 2.75) is 26.4 Å². The van der Waals surface area contributed by atoms with Crippen LogP contribution in [-0.4, -0.2) is 7.11 Å². The normalized spacial score (nSPS) is 12.2. The molecule has 0 unspecified atom stereocenters. The van der Waals surface area contributed by atoms with Gasteiger partial charge < -0.3 is 10.1 Å². The molecule has 0 saturated carbocycles. The van der Waals surface area contributed by atoms with Gasteiger partial charge in [0.05, 0.1) is 7.11 Å². The third-order valence-corrected chi connectivity index (χ3v) is 3.85. The van der Waals surface area contributed by atoms with Crippen LogP contribution in [0.25, 0.3) is 0 Å². The number of aryl methyl sites for hydroxylation is 1. The minimum Gasteiger partial charge on any atom is -0.497 e. The minimum atomic E-state index is 0.255. The molecule has 3 heteroatoms. The zero-order chi connectivity index (χ0) is 14.5. The molecule has 0 amide bonds. The highest BCUT2D eigenvalue weighted by atomic mass is 35.5. The average molecular weight is 290 g/mol. The van der Waals surface area contributed by atoms with Crippen LogP contribution in [-0.2, 0) is 6.54 Å². The van der Waals surface area contributed by atoms with Crippen molar-refractivity contribution in [1.82, 2.24) is 5.32 Å². The Morgan fingerprint density at radius 1 is 1.20 bits per heavy atom. The van der Waals surface area contributed by atoms with Crippen molar-refractivity contribution in [1.29, 1.82) is 0 Å². The van der Waals surface area contributed by atoms with Gasteiger partial charge in [0.15, 0.2) is 0 Å². The van der Waals surface area contributed by atoms with Crippen molar-refractivity contribution in [2.75, 3.05) is 7.11 Å². The molecule has 1 atom stereocenters. The molecule has 0 heterocycles. The van der Waals surface area contributed by atoms with Crippen LogP contribution in [0.1, 0.15) is 29.7 Å². The number of hydrogen-bond donors (Lipinski definition) is 1. The van der Waals surface area contributed by atoms with E-state index in [2.05, 4.69) is 36.5 Å². The SMILES string of the molecule is COc1cccc([C@@H](C)NCc2ccc(C)c(Cl)c2)c1. The lowest BCUT2D eigenvalue weighted by Crippen LogP contribution is -2.18. The lowest BCUT2D eigenvalue weighted by atomic mass is 10.1. The molecule has 106 valence electrons. The molecule has 0 fully saturated rings. The van der Waals surface area contributed by atoms with Crippen LogP contribution in [0.2, 0.25) is 5.02 Å². The van der Waals surface area contributed by atoms with E-state index in [1.165, 1.54) is 11.1 Å². The Balaban J connectivity index is 2.00. The Hall–Kier alpha value is -1.51. The molecule has 0 radical (unpaired) electrons. The summed E-state index contributed by atoms with van der Waals surface area (Å²) < 4.78 is 5.25. The van der Waals surface area contributed by atoms with Crippen molar-refractivity contribution in [2.24, 2.45) is 0 Å². The maximum absolute atomic E-state index is 6.14. The highest BCUT2D eigenvalue weighted by Crippen LogP contribution is 2.20. The van der Waals surface area contributed by atoms with E-state index in [-0.39, 0.29) is 6.04 Å². The second-order valence-corrected chi connectivity index (χ2v) is 5.37. The number of ether oxygens (including phenoxy) is 1. The predicted octanol–water partition coefficient (Wildman–Crippen LogP) is 4.51. The van der Waals surface area contributed by atoms with Gasteiger partial charge >= 0.3 is 0 Å². The fraction of sp³-hybridized carbons (Fsp3) is 0.294. The summed E-state index contributed by atoms with van der Waals surface area (Å²) in [6, 6.07) is 14.5. The van der Waals surface area contributed by atoms with E-state index < -0.39 is 0 Å². The summed E-state index contributed by atoms with van der Waals surface area (Å²) in [5.74, 6) is 0.884. The van der Waals surface area contributed by atoms with Crippen LogP contribution in [0.3, 0.4) is 0 Å². The van der Waals surface area contributed by atoms with Crippen LogP contribution < -0.4 is 10.1 Å². The maximum atomic E-state index is 6.14. The molecular formula is C17H20ClNO. The van der Waals surface area contributed by atoms with Crippen LogP contribution in [0.5, 0.6) is 5.75 Å². The summed E-state index contributed by atoms with van der Waals surface area (Å²) >= 11 is 6.14. The third-order valence-electron chi connectivity index (χ3n) is 3.44. The van der Waals surface area contributed by atoms with Crippen molar-refractivity contribution < 1.29 is 4.74 Å². The van der Waals surface area contributed by atoms with Gasteiger partial charge in [0.2, 0.25) is 0 Å². The van der Waals surface area contributed by atoms with Crippen molar-refractivity contribution >= 4 is 11.6 Å². The van der Waals surface area contributed by atoms with Gasteiger partial charge in [0.25, 0.3) is 0 Å². The monoisotopic (exact) mass is 289 g/mol. The molecular weight excluding hydrogens is 270 g/mol. The summed E-state index contributed by atoms with van der Waals surface area (Å²) in [4.78, 5) is 0. The molecule has 0 bridgehead atoms. The molecule has 20 heavy (non-hydrogen) atoms. The van der Waals surface area contributed by atoms with E-state index in [0.717, 1.165) is 22.9 Å². The number of hydrogen-bond acceptors (Lipinski definition) is 2. The van der Waals surface area contributed by atoms with Crippen LogP contribution >= 0.6 is 11.6 Å². The topological polar surface area (TPSA) is 21.3 Å². The Kier molecular flexibility index (Phi) is 5.05. The van der Waals surface area contributed by atoms with E-state index in [1.54, 1.807) is 7.11 Å². The third kappa shape index (κ3) is 3.75. The minimum absolute atomic E-state index is 0.255. The van der Waals surface area contributed by atoms with Crippen LogP contribution in [0.15, 0.2) is 42.5 Å². The van der Waals surface area contributed by atoms with Crippen molar-refractivity contribution in [3.05, 3.63) is 64.2 Å². The van der Waals surface area contributed by atoms with Crippen LogP contribution in [0.4, 0.5) is 0 Å². The molecule has 0 aromatic heterocycles. The molecule has 0 aliphatic rings. The van der Waals surface area contributed by atoms with E-state index in [4.69, 9.17) is 16.3 Å². The highest BCUT2D eigenvalue weighted by Gasteiger charge is 2.06. The smallest absolute Gasteiger partial charge is 0.119 e. The maximum Gasteiger partial charge on any atom is 0.119 e. The number of methoxy groups -OCH3 is 1. The van der Waals surface area contributed by atoms with Crippen molar-refractivity contribution in [3.8, 4) is 5.75 Å². The van der Waals surface area contributed by atoms with Gasteiger partial charge in [-0.05, 0) is 48.7 Å². The first-order valence-electron chi connectivity index (χ1n) is 6.72. The van der Waals surface area contributed by atoms with Gasteiger partial charge in [-0.25, -0.2) is 0 Å².